The molecule has 0 saturated carbocycles. The highest BCUT2D eigenvalue weighted by molar-refractivity contribution is 6.46. The molecule has 0 spiro atoms. The molecule has 36 heavy (non-hydrogen) atoms. The van der Waals surface area contributed by atoms with Crippen molar-refractivity contribution in [3.8, 4) is 5.75 Å². The maximum absolute atomic E-state index is 13.2. The molecule has 7 nitrogen and oxygen atoms in total. The first kappa shape index (κ1) is 25.5. The van der Waals surface area contributed by atoms with Crippen LogP contribution >= 0.6 is 11.6 Å². The Balaban J connectivity index is 1.69. The van der Waals surface area contributed by atoms with E-state index in [4.69, 9.17) is 16.3 Å². The van der Waals surface area contributed by atoms with Crippen LogP contribution < -0.4 is 4.74 Å². The zero-order valence-electron chi connectivity index (χ0n) is 20.4. The summed E-state index contributed by atoms with van der Waals surface area (Å²) >= 11 is 6.01. The molecule has 8 heteroatoms. The number of halogens is 1. The first-order valence-electron chi connectivity index (χ1n) is 12.1. The van der Waals surface area contributed by atoms with Crippen LogP contribution in [0.4, 0.5) is 0 Å². The number of rotatable bonds is 10. The van der Waals surface area contributed by atoms with E-state index in [0.29, 0.717) is 53.9 Å². The second-order valence-corrected chi connectivity index (χ2v) is 9.69. The normalized spacial score (nSPS) is 17.2. The first-order valence-corrected chi connectivity index (χ1v) is 12.5. The number of likely N-dealkylation sites (tertiary alicyclic amines) is 1. The molecular formula is C28H30ClN3O4. The lowest BCUT2D eigenvalue weighted by Crippen LogP contribution is -2.31. The summed E-state index contributed by atoms with van der Waals surface area (Å²) in [5.41, 5.74) is 1.18. The van der Waals surface area contributed by atoms with Crippen molar-refractivity contribution < 1.29 is 19.4 Å². The summed E-state index contributed by atoms with van der Waals surface area (Å²) in [6, 6.07) is 13.2. The van der Waals surface area contributed by atoms with E-state index in [1.54, 1.807) is 36.8 Å². The second-order valence-electron chi connectivity index (χ2n) is 9.26. The Morgan fingerprint density at radius 2 is 1.92 bits per heavy atom. The fourth-order valence-electron chi connectivity index (χ4n) is 4.25. The summed E-state index contributed by atoms with van der Waals surface area (Å²) in [6.45, 7) is 5.81. The van der Waals surface area contributed by atoms with E-state index in [1.807, 2.05) is 35.0 Å². The maximum Gasteiger partial charge on any atom is 0.295 e. The van der Waals surface area contributed by atoms with Gasteiger partial charge < -0.3 is 19.3 Å². The zero-order chi connectivity index (χ0) is 25.7. The number of Topliss-reactive ketones (excluding diaryl/α,β-unsaturated/α-hetero) is 1. The monoisotopic (exact) mass is 507 g/mol. The van der Waals surface area contributed by atoms with Crippen molar-refractivity contribution in [2.45, 2.75) is 39.3 Å². The molecule has 4 rings (SSSR count). The topological polar surface area (TPSA) is 84.7 Å². The van der Waals surface area contributed by atoms with Crippen LogP contribution in [0.3, 0.4) is 0 Å². The van der Waals surface area contributed by atoms with Crippen molar-refractivity contribution in [3.05, 3.63) is 89.0 Å². The van der Waals surface area contributed by atoms with Gasteiger partial charge in [-0.2, -0.15) is 0 Å². The molecule has 0 radical (unpaired) electrons. The lowest BCUT2D eigenvalue weighted by atomic mass is 9.95. The first-order chi connectivity index (χ1) is 17.3. The lowest BCUT2D eigenvalue weighted by Gasteiger charge is -2.26. The van der Waals surface area contributed by atoms with E-state index < -0.39 is 17.7 Å². The predicted molar refractivity (Wildman–Crippen MR) is 139 cm³/mol. The van der Waals surface area contributed by atoms with E-state index in [-0.39, 0.29) is 11.3 Å². The van der Waals surface area contributed by atoms with Gasteiger partial charge in [0.1, 0.15) is 11.5 Å². The summed E-state index contributed by atoms with van der Waals surface area (Å²) in [7, 11) is 0. The minimum absolute atomic E-state index is 0.0595. The maximum atomic E-state index is 13.2. The second kappa shape index (κ2) is 11.4. The van der Waals surface area contributed by atoms with Crippen LogP contribution in [0.5, 0.6) is 5.75 Å². The standard InChI is InChI=1S/C28H30ClN3O4/c1-19(2)11-16-36-23-6-3-5-21(17-23)25-24(26(33)20-7-9-22(29)10-8-20)27(34)28(35)32(25)14-4-13-31-15-12-30-18-31/h3,5-10,12,15,17-19,25,33H,4,11,13-14,16H2,1-2H3. The number of ether oxygens (including phenoxy) is 1. The average Bonchev–Trinajstić information content (AvgIpc) is 3.46. The number of aryl methyl sites for hydroxylation is 1. The van der Waals surface area contributed by atoms with E-state index >= 15 is 0 Å². The average molecular weight is 508 g/mol. The quantitative estimate of drug-likeness (QED) is 0.223. The number of hydrogen-bond donors (Lipinski definition) is 1. The van der Waals surface area contributed by atoms with Gasteiger partial charge in [0, 0.05) is 36.1 Å². The molecule has 0 aliphatic carbocycles. The van der Waals surface area contributed by atoms with Crippen LogP contribution in [0.15, 0.2) is 72.8 Å². The van der Waals surface area contributed by atoms with Gasteiger partial charge in [-0.3, -0.25) is 9.59 Å². The van der Waals surface area contributed by atoms with E-state index in [2.05, 4.69) is 18.8 Å². The SMILES string of the molecule is CC(C)CCOc1cccc(C2C(=C(O)c3ccc(Cl)cc3)C(=O)C(=O)N2CCCn2ccnc2)c1. The van der Waals surface area contributed by atoms with Crippen LogP contribution in [-0.2, 0) is 16.1 Å². The van der Waals surface area contributed by atoms with Gasteiger partial charge in [-0.15, -0.1) is 0 Å². The summed E-state index contributed by atoms with van der Waals surface area (Å²) in [4.78, 5) is 32.0. The largest absolute Gasteiger partial charge is 0.507 e. The van der Waals surface area contributed by atoms with Gasteiger partial charge in [0.15, 0.2) is 0 Å². The third kappa shape index (κ3) is 5.79. The van der Waals surface area contributed by atoms with Gasteiger partial charge in [0.2, 0.25) is 0 Å². The number of aromatic nitrogens is 2. The minimum Gasteiger partial charge on any atom is -0.507 e. The third-order valence-electron chi connectivity index (χ3n) is 6.17. The highest BCUT2D eigenvalue weighted by Gasteiger charge is 2.45. The van der Waals surface area contributed by atoms with Gasteiger partial charge >= 0.3 is 0 Å². The fourth-order valence-corrected chi connectivity index (χ4v) is 4.38. The van der Waals surface area contributed by atoms with Crippen LogP contribution in [0.25, 0.3) is 5.76 Å². The third-order valence-corrected chi connectivity index (χ3v) is 6.42. The summed E-state index contributed by atoms with van der Waals surface area (Å²) in [6.07, 6.45) is 6.79. The Morgan fingerprint density at radius 1 is 1.14 bits per heavy atom. The van der Waals surface area contributed by atoms with E-state index in [9.17, 15) is 14.7 Å². The van der Waals surface area contributed by atoms with Crippen molar-refractivity contribution in [2.75, 3.05) is 13.2 Å². The molecule has 1 atom stereocenters. The summed E-state index contributed by atoms with van der Waals surface area (Å²) in [5.74, 6) is -0.398. The molecule has 2 aromatic carbocycles. The molecule has 1 N–H and O–H groups in total. The van der Waals surface area contributed by atoms with Crippen molar-refractivity contribution >= 4 is 29.1 Å². The van der Waals surface area contributed by atoms with Gasteiger partial charge in [0.05, 0.1) is 24.5 Å². The smallest absolute Gasteiger partial charge is 0.295 e. The summed E-state index contributed by atoms with van der Waals surface area (Å²) in [5, 5.41) is 11.7. The predicted octanol–water partition coefficient (Wildman–Crippen LogP) is 5.47. The van der Waals surface area contributed by atoms with E-state index in [0.717, 1.165) is 6.42 Å². The van der Waals surface area contributed by atoms with Crippen molar-refractivity contribution in [2.24, 2.45) is 5.92 Å². The Morgan fingerprint density at radius 3 is 2.61 bits per heavy atom. The molecule has 188 valence electrons. The zero-order valence-corrected chi connectivity index (χ0v) is 21.2. The number of amides is 1. The molecule has 1 aliphatic heterocycles. The molecule has 1 fully saturated rings. The number of imidazole rings is 1. The molecule has 0 bridgehead atoms. The Kier molecular flexibility index (Phi) is 8.10. The number of aliphatic hydroxyl groups excluding tert-OH is 1. The lowest BCUT2D eigenvalue weighted by molar-refractivity contribution is -0.139. The van der Waals surface area contributed by atoms with Crippen LogP contribution in [0, 0.1) is 5.92 Å². The molecule has 1 saturated heterocycles. The fraction of sp³-hybridized carbons (Fsp3) is 0.321. The molecule has 1 aromatic heterocycles. The minimum atomic E-state index is -0.739. The Labute approximate surface area is 216 Å². The number of carbonyl (C=O) groups excluding carboxylic acids is 2. The number of hydrogen-bond acceptors (Lipinski definition) is 5. The summed E-state index contributed by atoms with van der Waals surface area (Å²) < 4.78 is 7.86. The molecule has 2 heterocycles. The number of carbonyl (C=O) groups is 2. The molecular weight excluding hydrogens is 478 g/mol. The van der Waals surface area contributed by atoms with Crippen LogP contribution in [0.1, 0.15) is 43.9 Å². The van der Waals surface area contributed by atoms with Crippen molar-refractivity contribution in [1.82, 2.24) is 14.5 Å². The number of benzene rings is 2. The number of aliphatic hydroxyl groups is 1. The van der Waals surface area contributed by atoms with Crippen LogP contribution in [0.2, 0.25) is 5.02 Å². The van der Waals surface area contributed by atoms with Gasteiger partial charge in [-0.25, -0.2) is 4.98 Å². The van der Waals surface area contributed by atoms with E-state index in [1.165, 1.54) is 4.90 Å². The van der Waals surface area contributed by atoms with Gasteiger partial charge in [0.25, 0.3) is 11.7 Å². The highest BCUT2D eigenvalue weighted by atomic mass is 35.5. The van der Waals surface area contributed by atoms with Crippen molar-refractivity contribution in [3.63, 3.8) is 0 Å². The number of ketones is 1. The molecule has 3 aromatic rings. The van der Waals surface area contributed by atoms with Crippen LogP contribution in [-0.4, -0.2) is 44.4 Å². The highest BCUT2D eigenvalue weighted by Crippen LogP contribution is 2.40. The molecule has 1 aliphatic rings. The van der Waals surface area contributed by atoms with Gasteiger partial charge in [-0.05, 0) is 60.7 Å². The van der Waals surface area contributed by atoms with Crippen molar-refractivity contribution in [1.29, 1.82) is 0 Å². The molecule has 1 unspecified atom stereocenters. The van der Waals surface area contributed by atoms with Gasteiger partial charge in [-0.1, -0.05) is 37.6 Å². The molecule has 1 amide bonds. The Hall–Kier alpha value is -3.58. The Bertz CT molecular complexity index is 1240. The number of nitrogens with zero attached hydrogens (tertiary/aromatic N) is 3.